The molecule has 2 N–H and O–H groups in total. The number of hydrogen-bond donors (Lipinski definition) is 2. The van der Waals surface area contributed by atoms with E-state index in [4.69, 9.17) is 23.2 Å². The van der Waals surface area contributed by atoms with E-state index in [-0.39, 0.29) is 5.91 Å². The summed E-state index contributed by atoms with van der Waals surface area (Å²) in [5, 5.41) is 6.37. The summed E-state index contributed by atoms with van der Waals surface area (Å²) in [6, 6.07) is 13.1. The second kappa shape index (κ2) is 7.78. The molecule has 1 heterocycles. The molecule has 4 rings (SSSR count). The van der Waals surface area contributed by atoms with Crippen molar-refractivity contribution >= 4 is 56.6 Å². The predicted octanol–water partition coefficient (Wildman–Crippen LogP) is 5.98. The molecule has 0 radical (unpaired) electrons. The van der Waals surface area contributed by atoms with Crippen LogP contribution in [0.3, 0.4) is 0 Å². The lowest BCUT2D eigenvalue weighted by atomic mass is 9.96. The van der Waals surface area contributed by atoms with Crippen LogP contribution in [-0.2, 0) is 0 Å². The highest BCUT2D eigenvalue weighted by molar-refractivity contribution is 9.10. The number of fused-ring (bicyclic) bond motifs is 1. The van der Waals surface area contributed by atoms with Gasteiger partial charge in [-0.15, -0.1) is 0 Å². The maximum absolute atomic E-state index is 13.8. The van der Waals surface area contributed by atoms with Gasteiger partial charge in [-0.1, -0.05) is 45.2 Å². The highest BCUT2D eigenvalue weighted by atomic mass is 79.9. The first kappa shape index (κ1) is 19.9. The summed E-state index contributed by atoms with van der Waals surface area (Å²) in [6.07, 6.45) is 0. The molecule has 1 aliphatic rings. The Bertz CT molecular complexity index is 1170. The SMILES string of the molecule is O=C(Nc1cc(Br)cc2c1C(c1cc(F)ccc1Cl)NC2=O)c1cccc(Cl)c1. The van der Waals surface area contributed by atoms with Gasteiger partial charge in [-0.05, 0) is 48.5 Å². The number of hydrogen-bond acceptors (Lipinski definition) is 2. The summed E-state index contributed by atoms with van der Waals surface area (Å²) in [6.45, 7) is 0. The lowest BCUT2D eigenvalue weighted by Gasteiger charge is -2.18. The van der Waals surface area contributed by atoms with E-state index in [1.54, 1.807) is 36.4 Å². The number of anilines is 1. The number of carbonyl (C=O) groups excluding carboxylic acids is 2. The normalized spacial score (nSPS) is 15.0. The lowest BCUT2D eigenvalue weighted by molar-refractivity contribution is 0.0959. The molecule has 146 valence electrons. The number of carbonyl (C=O) groups is 2. The van der Waals surface area contributed by atoms with Gasteiger partial charge in [0.25, 0.3) is 11.8 Å². The van der Waals surface area contributed by atoms with E-state index in [9.17, 15) is 14.0 Å². The molecule has 0 fully saturated rings. The molecule has 0 saturated carbocycles. The number of halogens is 4. The van der Waals surface area contributed by atoms with Crippen LogP contribution in [-0.4, -0.2) is 11.8 Å². The molecule has 3 aromatic rings. The second-order valence-electron chi connectivity index (χ2n) is 6.45. The standard InChI is InChI=1S/C21H12BrCl2FN2O2/c22-11-7-15-18(17(8-11)26-20(28)10-2-1-3-12(23)6-10)19(27-21(15)29)14-9-13(25)4-5-16(14)24/h1-9,19H,(H,26,28)(H,27,29). The molecule has 1 aliphatic heterocycles. The molecule has 1 unspecified atom stereocenters. The highest BCUT2D eigenvalue weighted by Crippen LogP contribution is 2.41. The Morgan fingerprint density at radius 2 is 1.90 bits per heavy atom. The molecule has 4 nitrogen and oxygen atoms in total. The average molecular weight is 494 g/mol. The van der Waals surface area contributed by atoms with E-state index in [1.807, 2.05) is 0 Å². The third kappa shape index (κ3) is 3.88. The second-order valence-corrected chi connectivity index (χ2v) is 8.21. The Morgan fingerprint density at radius 1 is 1.10 bits per heavy atom. The van der Waals surface area contributed by atoms with E-state index in [0.717, 1.165) is 0 Å². The quantitative estimate of drug-likeness (QED) is 0.471. The van der Waals surface area contributed by atoms with Crippen molar-refractivity contribution in [1.29, 1.82) is 0 Å². The largest absolute Gasteiger partial charge is 0.341 e. The number of amides is 2. The Balaban J connectivity index is 1.81. The van der Waals surface area contributed by atoms with Crippen LogP contribution >= 0.6 is 39.1 Å². The van der Waals surface area contributed by atoms with Gasteiger partial charge in [0, 0.05) is 42.5 Å². The molecule has 2 amide bonds. The summed E-state index contributed by atoms with van der Waals surface area (Å²) in [4.78, 5) is 25.3. The van der Waals surface area contributed by atoms with Gasteiger partial charge in [0.05, 0.1) is 6.04 Å². The Hall–Kier alpha value is -2.41. The minimum absolute atomic E-state index is 0.305. The van der Waals surface area contributed by atoms with Crippen molar-refractivity contribution in [2.45, 2.75) is 6.04 Å². The van der Waals surface area contributed by atoms with Gasteiger partial charge < -0.3 is 10.6 Å². The van der Waals surface area contributed by atoms with Crippen LogP contribution in [0.2, 0.25) is 10.0 Å². The van der Waals surface area contributed by atoms with Gasteiger partial charge in [0.1, 0.15) is 5.82 Å². The van der Waals surface area contributed by atoms with Crippen molar-refractivity contribution in [1.82, 2.24) is 5.32 Å². The van der Waals surface area contributed by atoms with E-state index < -0.39 is 17.8 Å². The number of rotatable bonds is 3. The summed E-state index contributed by atoms with van der Waals surface area (Å²) in [7, 11) is 0. The van der Waals surface area contributed by atoms with Gasteiger partial charge in [0.2, 0.25) is 0 Å². The van der Waals surface area contributed by atoms with Crippen molar-refractivity contribution in [3.8, 4) is 0 Å². The summed E-state index contributed by atoms with van der Waals surface area (Å²) in [5.41, 5.74) is 2.05. The molecule has 8 heteroatoms. The smallest absolute Gasteiger partial charge is 0.255 e. The van der Waals surface area contributed by atoms with Crippen LogP contribution in [0.4, 0.5) is 10.1 Å². The molecule has 0 aromatic heterocycles. The fraction of sp³-hybridized carbons (Fsp3) is 0.0476. The van der Waals surface area contributed by atoms with Crippen molar-refractivity contribution in [3.05, 3.63) is 97.2 Å². The summed E-state index contributed by atoms with van der Waals surface area (Å²) in [5.74, 6) is -1.21. The first-order valence-electron chi connectivity index (χ1n) is 8.49. The molecule has 0 aliphatic carbocycles. The molecular formula is C21H12BrCl2FN2O2. The zero-order valence-corrected chi connectivity index (χ0v) is 17.7. The van der Waals surface area contributed by atoms with Crippen LogP contribution in [0.25, 0.3) is 0 Å². The highest BCUT2D eigenvalue weighted by Gasteiger charge is 2.34. The molecule has 29 heavy (non-hydrogen) atoms. The third-order valence-electron chi connectivity index (χ3n) is 4.56. The van der Waals surface area contributed by atoms with E-state index in [1.165, 1.54) is 18.2 Å². The van der Waals surface area contributed by atoms with Gasteiger partial charge in [-0.2, -0.15) is 0 Å². The maximum atomic E-state index is 13.8. The van der Waals surface area contributed by atoms with Gasteiger partial charge in [-0.25, -0.2) is 4.39 Å². The Kier molecular flexibility index (Phi) is 5.34. The van der Waals surface area contributed by atoms with Crippen molar-refractivity contribution in [2.24, 2.45) is 0 Å². The van der Waals surface area contributed by atoms with Gasteiger partial charge in [0.15, 0.2) is 0 Å². The van der Waals surface area contributed by atoms with E-state index in [0.29, 0.717) is 42.5 Å². The fourth-order valence-corrected chi connectivity index (χ4v) is 4.17. The zero-order chi connectivity index (χ0) is 20.7. The molecule has 0 spiro atoms. The van der Waals surface area contributed by atoms with Crippen molar-refractivity contribution < 1.29 is 14.0 Å². The zero-order valence-electron chi connectivity index (χ0n) is 14.6. The minimum Gasteiger partial charge on any atom is -0.341 e. The molecule has 0 saturated heterocycles. The van der Waals surface area contributed by atoms with Crippen LogP contribution in [0.5, 0.6) is 0 Å². The lowest BCUT2D eigenvalue weighted by Crippen LogP contribution is -2.21. The Morgan fingerprint density at radius 3 is 2.66 bits per heavy atom. The molecule has 0 bridgehead atoms. The predicted molar refractivity (Wildman–Crippen MR) is 114 cm³/mol. The number of benzene rings is 3. The van der Waals surface area contributed by atoms with Gasteiger partial charge >= 0.3 is 0 Å². The van der Waals surface area contributed by atoms with Crippen LogP contribution < -0.4 is 10.6 Å². The maximum Gasteiger partial charge on any atom is 0.255 e. The molecule has 1 atom stereocenters. The monoisotopic (exact) mass is 492 g/mol. The third-order valence-corrected chi connectivity index (χ3v) is 5.59. The topological polar surface area (TPSA) is 58.2 Å². The Labute approximate surface area is 184 Å². The molecular weight excluding hydrogens is 482 g/mol. The summed E-state index contributed by atoms with van der Waals surface area (Å²) >= 11 is 15.6. The van der Waals surface area contributed by atoms with E-state index >= 15 is 0 Å². The minimum atomic E-state index is -0.705. The van der Waals surface area contributed by atoms with Gasteiger partial charge in [-0.3, -0.25) is 9.59 Å². The average Bonchev–Trinajstić information content (AvgIpc) is 3.00. The van der Waals surface area contributed by atoms with Crippen LogP contribution in [0.15, 0.2) is 59.1 Å². The molecule has 3 aromatic carbocycles. The van der Waals surface area contributed by atoms with Crippen LogP contribution in [0, 0.1) is 5.82 Å². The number of nitrogens with one attached hydrogen (secondary N) is 2. The van der Waals surface area contributed by atoms with Crippen molar-refractivity contribution in [2.75, 3.05) is 5.32 Å². The van der Waals surface area contributed by atoms with Crippen LogP contribution in [0.1, 0.15) is 37.9 Å². The first-order chi connectivity index (χ1) is 13.8. The fourth-order valence-electron chi connectivity index (χ4n) is 3.29. The van der Waals surface area contributed by atoms with E-state index in [2.05, 4.69) is 26.6 Å². The summed E-state index contributed by atoms with van der Waals surface area (Å²) < 4.78 is 14.5. The van der Waals surface area contributed by atoms with Crippen molar-refractivity contribution in [3.63, 3.8) is 0 Å². The first-order valence-corrected chi connectivity index (χ1v) is 10.0.